The molecule has 4 rings (SSSR count). The molecule has 1 saturated heterocycles. The van der Waals surface area contributed by atoms with E-state index in [1.54, 1.807) is 11.3 Å². The summed E-state index contributed by atoms with van der Waals surface area (Å²) in [7, 11) is 0. The molecule has 1 aliphatic carbocycles. The molecule has 0 bridgehead atoms. The summed E-state index contributed by atoms with van der Waals surface area (Å²) in [5.41, 5.74) is 1.71. The molecule has 0 atom stereocenters. The third-order valence-corrected chi connectivity index (χ3v) is 7.12. The number of amides is 1. The van der Waals surface area contributed by atoms with E-state index in [1.165, 1.54) is 30.6 Å². The molecular weight excluding hydrogens is 366 g/mol. The maximum atomic E-state index is 12.7. The third kappa shape index (κ3) is 3.86. The molecule has 0 spiro atoms. The zero-order valence-electron chi connectivity index (χ0n) is 14.9. The molecule has 0 radical (unpaired) electrons. The SMILES string of the molecule is O=C(NCC1(N2CCOCC2)CCCCC1)c1csc(-c2ccsc2)n1. The minimum absolute atomic E-state index is 0.0547. The Hall–Kier alpha value is -1.28. The van der Waals surface area contributed by atoms with Gasteiger partial charge in [0.05, 0.1) is 13.2 Å². The Bertz CT molecular complexity index is 717. The molecule has 1 saturated carbocycles. The first-order valence-electron chi connectivity index (χ1n) is 9.36. The lowest BCUT2D eigenvalue weighted by Crippen LogP contribution is -2.59. The van der Waals surface area contributed by atoms with Crippen LogP contribution in [0.3, 0.4) is 0 Å². The van der Waals surface area contributed by atoms with E-state index in [1.807, 2.05) is 16.8 Å². The Balaban J connectivity index is 1.43. The fourth-order valence-electron chi connectivity index (χ4n) is 4.08. The number of nitrogens with zero attached hydrogens (tertiary/aromatic N) is 2. The van der Waals surface area contributed by atoms with Gasteiger partial charge in [-0.15, -0.1) is 11.3 Å². The van der Waals surface area contributed by atoms with E-state index >= 15 is 0 Å². The Morgan fingerprint density at radius 3 is 2.77 bits per heavy atom. The van der Waals surface area contributed by atoms with Gasteiger partial charge in [0, 0.05) is 41.5 Å². The molecule has 26 heavy (non-hydrogen) atoms. The monoisotopic (exact) mass is 391 g/mol. The van der Waals surface area contributed by atoms with Gasteiger partial charge in [0.2, 0.25) is 0 Å². The maximum Gasteiger partial charge on any atom is 0.270 e. The molecule has 7 heteroatoms. The highest BCUT2D eigenvalue weighted by Crippen LogP contribution is 2.34. The third-order valence-electron chi connectivity index (χ3n) is 5.55. The second kappa shape index (κ2) is 8.17. The van der Waals surface area contributed by atoms with Crippen molar-refractivity contribution in [1.29, 1.82) is 0 Å². The first kappa shape index (κ1) is 18.1. The zero-order valence-corrected chi connectivity index (χ0v) is 16.5. The van der Waals surface area contributed by atoms with Gasteiger partial charge in [-0.3, -0.25) is 9.69 Å². The van der Waals surface area contributed by atoms with Gasteiger partial charge in [0.25, 0.3) is 5.91 Å². The Morgan fingerprint density at radius 2 is 2.04 bits per heavy atom. The summed E-state index contributed by atoms with van der Waals surface area (Å²) in [5, 5.41) is 10.1. The van der Waals surface area contributed by atoms with E-state index < -0.39 is 0 Å². The summed E-state index contributed by atoms with van der Waals surface area (Å²) in [4.78, 5) is 19.8. The lowest BCUT2D eigenvalue weighted by molar-refractivity contribution is -0.0361. The molecule has 1 aliphatic heterocycles. The van der Waals surface area contributed by atoms with Crippen LogP contribution in [0.2, 0.25) is 0 Å². The van der Waals surface area contributed by atoms with Crippen molar-refractivity contribution in [2.45, 2.75) is 37.6 Å². The summed E-state index contributed by atoms with van der Waals surface area (Å²) in [6.07, 6.45) is 6.10. The van der Waals surface area contributed by atoms with Crippen LogP contribution >= 0.6 is 22.7 Å². The van der Waals surface area contributed by atoms with Gasteiger partial charge in [0.1, 0.15) is 10.7 Å². The first-order chi connectivity index (χ1) is 12.8. The smallest absolute Gasteiger partial charge is 0.270 e. The number of thiazole rings is 1. The molecule has 140 valence electrons. The molecule has 3 heterocycles. The molecule has 5 nitrogen and oxygen atoms in total. The summed E-state index contributed by atoms with van der Waals surface area (Å²) in [5.74, 6) is -0.0547. The quantitative estimate of drug-likeness (QED) is 0.846. The van der Waals surface area contributed by atoms with Gasteiger partial charge in [-0.25, -0.2) is 4.98 Å². The van der Waals surface area contributed by atoms with Crippen LogP contribution in [0.25, 0.3) is 10.6 Å². The highest BCUT2D eigenvalue weighted by Gasteiger charge is 2.38. The van der Waals surface area contributed by atoms with Gasteiger partial charge < -0.3 is 10.1 Å². The molecule has 2 aromatic rings. The zero-order chi connectivity index (χ0) is 17.8. The predicted molar refractivity (Wildman–Crippen MR) is 106 cm³/mol. The van der Waals surface area contributed by atoms with Crippen molar-refractivity contribution in [3.05, 3.63) is 27.9 Å². The second-order valence-corrected chi connectivity index (χ2v) is 8.76. The van der Waals surface area contributed by atoms with Crippen LogP contribution in [0.4, 0.5) is 0 Å². The highest BCUT2D eigenvalue weighted by atomic mass is 32.1. The molecule has 2 fully saturated rings. The Kier molecular flexibility index (Phi) is 5.69. The molecule has 2 aliphatic rings. The Labute approximate surface area is 162 Å². The van der Waals surface area contributed by atoms with Gasteiger partial charge in [0.15, 0.2) is 0 Å². The molecule has 1 amide bonds. The number of morpholine rings is 1. The van der Waals surface area contributed by atoms with Gasteiger partial charge in [-0.1, -0.05) is 19.3 Å². The molecule has 2 aromatic heterocycles. The minimum atomic E-state index is -0.0547. The van der Waals surface area contributed by atoms with Crippen molar-refractivity contribution in [3.63, 3.8) is 0 Å². The summed E-state index contributed by atoms with van der Waals surface area (Å²) < 4.78 is 5.53. The van der Waals surface area contributed by atoms with E-state index in [-0.39, 0.29) is 11.4 Å². The van der Waals surface area contributed by atoms with Crippen molar-refractivity contribution in [2.75, 3.05) is 32.8 Å². The van der Waals surface area contributed by atoms with Crippen molar-refractivity contribution in [1.82, 2.24) is 15.2 Å². The fraction of sp³-hybridized carbons (Fsp3) is 0.579. The lowest BCUT2D eigenvalue weighted by Gasteiger charge is -2.48. The normalized spacial score (nSPS) is 20.8. The number of nitrogens with one attached hydrogen (secondary N) is 1. The summed E-state index contributed by atoms with van der Waals surface area (Å²) in [6.45, 7) is 4.23. The van der Waals surface area contributed by atoms with Crippen LogP contribution in [0.5, 0.6) is 0 Å². The van der Waals surface area contributed by atoms with Crippen molar-refractivity contribution >= 4 is 28.6 Å². The van der Waals surface area contributed by atoms with Crippen LogP contribution in [0, 0.1) is 0 Å². The van der Waals surface area contributed by atoms with Crippen LogP contribution in [0.15, 0.2) is 22.2 Å². The highest BCUT2D eigenvalue weighted by molar-refractivity contribution is 7.14. The van der Waals surface area contributed by atoms with Crippen LogP contribution < -0.4 is 5.32 Å². The average Bonchev–Trinajstić information content (AvgIpc) is 3.39. The number of thiophene rings is 1. The lowest BCUT2D eigenvalue weighted by atomic mass is 9.79. The number of hydrogen-bond donors (Lipinski definition) is 1. The largest absolute Gasteiger partial charge is 0.379 e. The second-order valence-electron chi connectivity index (χ2n) is 7.12. The van der Waals surface area contributed by atoms with Gasteiger partial charge in [-0.2, -0.15) is 11.3 Å². The van der Waals surface area contributed by atoms with E-state index in [9.17, 15) is 4.79 Å². The first-order valence-corrected chi connectivity index (χ1v) is 11.2. The summed E-state index contributed by atoms with van der Waals surface area (Å²) >= 11 is 3.18. The molecule has 0 aromatic carbocycles. The number of hydrogen-bond acceptors (Lipinski definition) is 6. The topological polar surface area (TPSA) is 54.5 Å². The fourth-order valence-corrected chi connectivity index (χ4v) is 5.60. The average molecular weight is 392 g/mol. The number of carbonyl (C=O) groups excluding carboxylic acids is 1. The van der Waals surface area contributed by atoms with Gasteiger partial charge in [-0.05, 0) is 24.3 Å². The van der Waals surface area contributed by atoms with Crippen LogP contribution in [-0.2, 0) is 4.74 Å². The minimum Gasteiger partial charge on any atom is -0.379 e. The van der Waals surface area contributed by atoms with E-state index in [0.29, 0.717) is 12.2 Å². The number of aromatic nitrogens is 1. The van der Waals surface area contributed by atoms with Crippen LogP contribution in [0.1, 0.15) is 42.6 Å². The number of carbonyl (C=O) groups is 1. The van der Waals surface area contributed by atoms with E-state index in [2.05, 4.69) is 20.6 Å². The van der Waals surface area contributed by atoms with E-state index in [0.717, 1.165) is 49.7 Å². The van der Waals surface area contributed by atoms with Crippen LogP contribution in [-0.4, -0.2) is 54.2 Å². The number of ether oxygens (including phenoxy) is 1. The van der Waals surface area contributed by atoms with Crippen molar-refractivity contribution < 1.29 is 9.53 Å². The number of rotatable bonds is 5. The maximum absolute atomic E-state index is 12.7. The van der Waals surface area contributed by atoms with Gasteiger partial charge >= 0.3 is 0 Å². The predicted octanol–water partition coefficient (Wildman–Crippen LogP) is 3.64. The molecule has 1 N–H and O–H groups in total. The summed E-state index contributed by atoms with van der Waals surface area (Å²) in [6, 6.07) is 2.04. The Morgan fingerprint density at radius 1 is 1.23 bits per heavy atom. The molecule has 0 unspecified atom stereocenters. The van der Waals surface area contributed by atoms with Crippen molar-refractivity contribution in [3.8, 4) is 10.6 Å². The molecular formula is C19H25N3O2S2. The van der Waals surface area contributed by atoms with E-state index in [4.69, 9.17) is 4.74 Å². The standard InChI is InChI=1S/C19H25N3O2S2/c23-17(16-13-26-18(21-16)15-4-11-25-12-15)20-14-19(5-2-1-3-6-19)22-7-9-24-10-8-22/h4,11-13H,1-3,5-10,14H2,(H,20,23). The van der Waals surface area contributed by atoms with Crippen molar-refractivity contribution in [2.24, 2.45) is 0 Å².